The van der Waals surface area contributed by atoms with Crippen molar-refractivity contribution < 1.29 is 0 Å². The molecule has 0 fully saturated rings. The lowest BCUT2D eigenvalue weighted by Crippen LogP contribution is -2.15. The van der Waals surface area contributed by atoms with Gasteiger partial charge < -0.3 is 0 Å². The van der Waals surface area contributed by atoms with Crippen LogP contribution in [0, 0.1) is 0 Å². The summed E-state index contributed by atoms with van der Waals surface area (Å²) in [6, 6.07) is 31.4. The Morgan fingerprint density at radius 2 is 1.19 bits per heavy atom. The minimum Gasteiger partial charge on any atom is -0.0616 e. The first-order chi connectivity index (χ1) is 13.1. The topological polar surface area (TPSA) is 0 Å². The van der Waals surface area contributed by atoms with Gasteiger partial charge in [-0.2, -0.15) is 0 Å². The highest BCUT2D eigenvalue weighted by Crippen LogP contribution is 2.53. The molecule has 0 heteroatoms. The van der Waals surface area contributed by atoms with Gasteiger partial charge in [-0.15, -0.1) is 0 Å². The van der Waals surface area contributed by atoms with Gasteiger partial charge in [-0.3, -0.25) is 0 Å². The molecule has 0 N–H and O–H groups in total. The molecule has 27 heavy (non-hydrogen) atoms. The van der Waals surface area contributed by atoms with Crippen LogP contribution in [0.3, 0.4) is 0 Å². The number of rotatable bonds is 0. The Hall–Kier alpha value is -3.12. The molecule has 0 radical (unpaired) electrons. The molecular formula is C27H20. The molecule has 5 aromatic rings. The Morgan fingerprint density at radius 3 is 2.00 bits per heavy atom. The molecule has 1 aliphatic rings. The van der Waals surface area contributed by atoms with E-state index in [9.17, 15) is 0 Å². The standard InChI is InChI=1S/C27H20/c1-27(2)24-16-20-9-4-3-8-19(20)15-23(24)22-14-13-18-12-11-17-7-5-6-10-21(17)25(18)26(22)27/h3-16H,1-2H3. The summed E-state index contributed by atoms with van der Waals surface area (Å²) in [5, 5.41) is 8.06. The highest BCUT2D eigenvalue weighted by molar-refractivity contribution is 6.13. The monoisotopic (exact) mass is 344 g/mol. The molecular weight excluding hydrogens is 324 g/mol. The minimum absolute atomic E-state index is 0.0155. The summed E-state index contributed by atoms with van der Waals surface area (Å²) in [5.41, 5.74) is 5.69. The van der Waals surface area contributed by atoms with Crippen molar-refractivity contribution in [2.45, 2.75) is 19.3 Å². The predicted molar refractivity (Wildman–Crippen MR) is 117 cm³/mol. The summed E-state index contributed by atoms with van der Waals surface area (Å²) in [6.45, 7) is 4.77. The first-order valence-electron chi connectivity index (χ1n) is 9.63. The van der Waals surface area contributed by atoms with Crippen LogP contribution in [0.5, 0.6) is 0 Å². The van der Waals surface area contributed by atoms with Crippen LogP contribution in [0.2, 0.25) is 0 Å². The summed E-state index contributed by atoms with van der Waals surface area (Å²) in [4.78, 5) is 0. The van der Waals surface area contributed by atoms with Crippen LogP contribution in [-0.2, 0) is 5.41 Å². The molecule has 0 saturated carbocycles. The zero-order chi connectivity index (χ0) is 18.2. The summed E-state index contributed by atoms with van der Waals surface area (Å²) >= 11 is 0. The molecule has 0 heterocycles. The third-order valence-electron chi connectivity index (χ3n) is 6.38. The molecule has 5 aromatic carbocycles. The van der Waals surface area contributed by atoms with Crippen LogP contribution in [-0.4, -0.2) is 0 Å². The van der Waals surface area contributed by atoms with Gasteiger partial charge in [-0.1, -0.05) is 86.6 Å². The van der Waals surface area contributed by atoms with E-state index in [0.29, 0.717) is 0 Å². The molecule has 0 spiro atoms. The average Bonchev–Trinajstić information content (AvgIpc) is 2.93. The molecule has 1 aliphatic carbocycles. The minimum atomic E-state index is -0.0155. The van der Waals surface area contributed by atoms with E-state index in [1.165, 1.54) is 54.6 Å². The van der Waals surface area contributed by atoms with Crippen molar-refractivity contribution in [2.75, 3.05) is 0 Å². The molecule has 0 nitrogen and oxygen atoms in total. The van der Waals surface area contributed by atoms with Crippen LogP contribution in [0.1, 0.15) is 25.0 Å². The number of hydrogen-bond acceptors (Lipinski definition) is 0. The summed E-state index contributed by atoms with van der Waals surface area (Å²) < 4.78 is 0. The van der Waals surface area contributed by atoms with Crippen molar-refractivity contribution in [1.82, 2.24) is 0 Å². The van der Waals surface area contributed by atoms with Gasteiger partial charge in [-0.05, 0) is 66.7 Å². The summed E-state index contributed by atoms with van der Waals surface area (Å²) in [7, 11) is 0. The van der Waals surface area contributed by atoms with Crippen LogP contribution in [0.15, 0.2) is 84.9 Å². The van der Waals surface area contributed by atoms with Crippen molar-refractivity contribution in [3.05, 3.63) is 96.1 Å². The summed E-state index contributed by atoms with van der Waals surface area (Å²) in [5.74, 6) is 0. The third-order valence-corrected chi connectivity index (χ3v) is 6.38. The van der Waals surface area contributed by atoms with Crippen molar-refractivity contribution in [1.29, 1.82) is 0 Å². The normalized spacial score (nSPS) is 14.6. The van der Waals surface area contributed by atoms with Gasteiger partial charge in [0, 0.05) is 5.41 Å². The quantitative estimate of drug-likeness (QED) is 0.256. The zero-order valence-corrected chi connectivity index (χ0v) is 15.6. The second kappa shape index (κ2) is 4.98. The highest BCUT2D eigenvalue weighted by atomic mass is 14.4. The lowest BCUT2D eigenvalue weighted by molar-refractivity contribution is 0.667. The Morgan fingerprint density at radius 1 is 0.556 bits per heavy atom. The van der Waals surface area contributed by atoms with Gasteiger partial charge >= 0.3 is 0 Å². The maximum Gasteiger partial charge on any atom is 0.0165 e. The van der Waals surface area contributed by atoms with Gasteiger partial charge in [0.05, 0.1) is 0 Å². The SMILES string of the molecule is CC1(C)c2cc3ccccc3cc2-c2ccc3ccc4ccccc4c3c21. The van der Waals surface area contributed by atoms with E-state index in [4.69, 9.17) is 0 Å². The van der Waals surface area contributed by atoms with Gasteiger partial charge in [0.1, 0.15) is 0 Å². The summed E-state index contributed by atoms with van der Waals surface area (Å²) in [6.07, 6.45) is 0. The molecule has 0 unspecified atom stereocenters. The smallest absolute Gasteiger partial charge is 0.0165 e. The second-order valence-corrected chi connectivity index (χ2v) is 8.24. The van der Waals surface area contributed by atoms with E-state index in [2.05, 4.69) is 98.8 Å². The predicted octanol–water partition coefficient (Wildman–Crippen LogP) is 7.45. The van der Waals surface area contributed by atoms with Crippen molar-refractivity contribution in [3.63, 3.8) is 0 Å². The van der Waals surface area contributed by atoms with Crippen LogP contribution in [0.4, 0.5) is 0 Å². The lowest BCUT2D eigenvalue weighted by atomic mass is 9.79. The molecule has 0 amide bonds. The van der Waals surface area contributed by atoms with Gasteiger partial charge in [0.25, 0.3) is 0 Å². The molecule has 0 aliphatic heterocycles. The molecule has 6 rings (SSSR count). The largest absolute Gasteiger partial charge is 0.0616 e. The Bertz CT molecular complexity index is 1390. The Labute approximate surface area is 159 Å². The maximum absolute atomic E-state index is 2.40. The average molecular weight is 344 g/mol. The van der Waals surface area contributed by atoms with Crippen LogP contribution < -0.4 is 0 Å². The first-order valence-corrected chi connectivity index (χ1v) is 9.63. The van der Waals surface area contributed by atoms with E-state index < -0.39 is 0 Å². The number of benzene rings is 5. The maximum atomic E-state index is 2.40. The van der Waals surface area contributed by atoms with Gasteiger partial charge in [0.2, 0.25) is 0 Å². The fourth-order valence-electron chi connectivity index (χ4n) is 5.09. The Kier molecular flexibility index (Phi) is 2.77. The molecule has 0 atom stereocenters. The van der Waals surface area contributed by atoms with Crippen molar-refractivity contribution in [2.24, 2.45) is 0 Å². The van der Waals surface area contributed by atoms with Crippen LogP contribution in [0.25, 0.3) is 43.4 Å². The fourth-order valence-corrected chi connectivity index (χ4v) is 5.09. The molecule has 0 aromatic heterocycles. The van der Waals surface area contributed by atoms with E-state index in [1.54, 1.807) is 0 Å². The highest BCUT2D eigenvalue weighted by Gasteiger charge is 2.37. The second-order valence-electron chi connectivity index (χ2n) is 8.24. The first kappa shape index (κ1) is 15.0. The van der Waals surface area contributed by atoms with E-state index in [0.717, 1.165) is 0 Å². The van der Waals surface area contributed by atoms with Gasteiger partial charge in [-0.25, -0.2) is 0 Å². The van der Waals surface area contributed by atoms with Crippen molar-refractivity contribution >= 4 is 32.3 Å². The molecule has 0 bridgehead atoms. The van der Waals surface area contributed by atoms with E-state index >= 15 is 0 Å². The van der Waals surface area contributed by atoms with Gasteiger partial charge in [0.15, 0.2) is 0 Å². The molecule has 128 valence electrons. The Balaban J connectivity index is 1.82. The van der Waals surface area contributed by atoms with E-state index in [1.807, 2.05) is 0 Å². The van der Waals surface area contributed by atoms with E-state index in [-0.39, 0.29) is 5.41 Å². The number of fused-ring (bicyclic) bond motifs is 8. The van der Waals surface area contributed by atoms with Crippen molar-refractivity contribution in [3.8, 4) is 11.1 Å². The van der Waals surface area contributed by atoms with Crippen LogP contribution >= 0.6 is 0 Å². The third kappa shape index (κ3) is 1.88. The number of hydrogen-bond donors (Lipinski definition) is 0. The molecule has 0 saturated heterocycles. The fraction of sp³-hybridized carbons (Fsp3) is 0.111. The lowest BCUT2D eigenvalue weighted by Gasteiger charge is -2.24. The zero-order valence-electron chi connectivity index (χ0n) is 15.6.